The maximum absolute atomic E-state index is 12.1. The van der Waals surface area contributed by atoms with E-state index in [1.54, 1.807) is 12.1 Å². The van der Waals surface area contributed by atoms with E-state index in [0.717, 1.165) is 31.1 Å². The first-order valence-electron chi connectivity index (χ1n) is 5.41. The molecule has 0 radical (unpaired) electrons. The summed E-state index contributed by atoms with van der Waals surface area (Å²) in [6.07, 6.45) is 3.76. The van der Waals surface area contributed by atoms with Gasteiger partial charge in [0, 0.05) is 0 Å². The molecule has 1 aromatic rings. The summed E-state index contributed by atoms with van der Waals surface area (Å²) in [7, 11) is -1.09. The van der Waals surface area contributed by atoms with Crippen LogP contribution in [0, 0.1) is 0 Å². The van der Waals surface area contributed by atoms with Crippen LogP contribution in [0.5, 0.6) is 0 Å². The smallest absolute Gasteiger partial charge is 0.181 e. The number of benzene rings is 1. The van der Waals surface area contributed by atoms with E-state index in [1.165, 1.54) is 0 Å². The predicted molar refractivity (Wildman–Crippen MR) is 64.1 cm³/mol. The first-order valence-corrected chi connectivity index (χ1v) is 6.96. The van der Waals surface area contributed by atoms with Gasteiger partial charge in [-0.1, -0.05) is 30.4 Å². The molecule has 0 atom stereocenters. The number of hydrogen-bond acceptors (Lipinski definition) is 2. The van der Waals surface area contributed by atoms with E-state index in [9.17, 15) is 8.42 Å². The first kappa shape index (κ1) is 10.7. The van der Waals surface area contributed by atoms with E-state index < -0.39 is 9.84 Å². The van der Waals surface area contributed by atoms with Crippen molar-refractivity contribution in [3.8, 4) is 0 Å². The van der Waals surface area contributed by atoms with Crippen LogP contribution in [0.25, 0.3) is 0 Å². The van der Waals surface area contributed by atoms with Crippen LogP contribution in [-0.4, -0.2) is 21.5 Å². The Labute approximate surface area is 92.0 Å². The molecule has 0 unspecified atom stereocenters. The fraction of sp³-hybridized carbons (Fsp3) is 0.455. The quantitative estimate of drug-likeness (QED) is 0.689. The third kappa shape index (κ3) is 2.10. The molecule has 0 N–H and O–H groups in total. The predicted octanol–water partition coefficient (Wildman–Crippen LogP) is 0.661. The van der Waals surface area contributed by atoms with E-state index in [4.69, 9.17) is 0 Å². The molecule has 0 amide bonds. The molecule has 0 aromatic heterocycles. The third-order valence-electron chi connectivity index (χ3n) is 3.09. The fourth-order valence-corrected chi connectivity index (χ4v) is 3.97. The summed E-state index contributed by atoms with van der Waals surface area (Å²) < 4.78 is 24.3. The molecular formula is C11H15BO2S. The average Bonchev–Trinajstić information content (AvgIpc) is 2.71. The Balaban J connectivity index is 2.32. The van der Waals surface area contributed by atoms with Crippen LogP contribution in [0.15, 0.2) is 29.2 Å². The summed E-state index contributed by atoms with van der Waals surface area (Å²) in [5.74, 6) is 0. The Kier molecular flexibility index (Phi) is 2.87. The largest absolute Gasteiger partial charge is 0.223 e. The van der Waals surface area contributed by atoms with Crippen LogP contribution >= 0.6 is 0 Å². The van der Waals surface area contributed by atoms with Gasteiger partial charge in [-0.15, -0.1) is 0 Å². The second-order valence-electron chi connectivity index (χ2n) is 4.26. The zero-order valence-electron chi connectivity index (χ0n) is 8.94. The van der Waals surface area contributed by atoms with E-state index in [2.05, 4.69) is 0 Å². The fourth-order valence-electron chi connectivity index (χ4n) is 2.12. The minimum atomic E-state index is -3.06. The molecule has 0 saturated heterocycles. The standard InChI is InChI=1S/C11H15BO2S/c12-9-5-7-11(8-6-9)15(13,14)10-3-1-2-4-10/h5-8,10H,1-4,12H2. The third-order valence-corrected chi connectivity index (χ3v) is 5.37. The molecule has 4 heteroatoms. The lowest BCUT2D eigenvalue weighted by atomic mass is 9.97. The SMILES string of the molecule is Bc1ccc(S(=O)(=O)C2CCCC2)cc1. The Morgan fingerprint density at radius 3 is 2.13 bits per heavy atom. The van der Waals surface area contributed by atoms with Crippen LogP contribution in [0.3, 0.4) is 0 Å². The molecule has 0 spiro atoms. The molecule has 1 saturated carbocycles. The van der Waals surface area contributed by atoms with Gasteiger partial charge in [0.1, 0.15) is 7.85 Å². The van der Waals surface area contributed by atoms with Gasteiger partial charge < -0.3 is 0 Å². The molecule has 80 valence electrons. The minimum absolute atomic E-state index is 0.139. The van der Waals surface area contributed by atoms with E-state index >= 15 is 0 Å². The topological polar surface area (TPSA) is 34.1 Å². The van der Waals surface area contributed by atoms with Crippen LogP contribution < -0.4 is 5.46 Å². The lowest BCUT2D eigenvalue weighted by Gasteiger charge is -2.10. The summed E-state index contributed by atoms with van der Waals surface area (Å²) in [6.45, 7) is 0. The van der Waals surface area contributed by atoms with Crippen molar-refractivity contribution in [2.45, 2.75) is 35.8 Å². The van der Waals surface area contributed by atoms with Gasteiger partial charge in [-0.2, -0.15) is 0 Å². The van der Waals surface area contributed by atoms with Gasteiger partial charge in [-0.3, -0.25) is 0 Å². The van der Waals surface area contributed by atoms with Gasteiger partial charge in [0.2, 0.25) is 0 Å². The van der Waals surface area contributed by atoms with Gasteiger partial charge >= 0.3 is 0 Å². The van der Waals surface area contributed by atoms with Crippen molar-refractivity contribution >= 4 is 23.1 Å². The zero-order valence-corrected chi connectivity index (χ0v) is 9.76. The van der Waals surface area contributed by atoms with Gasteiger partial charge in [0.15, 0.2) is 9.84 Å². The molecule has 1 aromatic carbocycles. The summed E-state index contributed by atoms with van der Waals surface area (Å²) in [4.78, 5) is 0.486. The molecule has 15 heavy (non-hydrogen) atoms. The zero-order chi connectivity index (χ0) is 10.9. The van der Waals surface area contributed by atoms with E-state index in [1.807, 2.05) is 20.0 Å². The summed E-state index contributed by atoms with van der Waals surface area (Å²) in [5.41, 5.74) is 1.10. The van der Waals surface area contributed by atoms with Crippen molar-refractivity contribution in [2.75, 3.05) is 0 Å². The Morgan fingerprint density at radius 1 is 1.07 bits per heavy atom. The lowest BCUT2D eigenvalue weighted by Crippen LogP contribution is -2.18. The first-order chi connectivity index (χ1) is 7.10. The molecule has 2 rings (SSSR count). The highest BCUT2D eigenvalue weighted by molar-refractivity contribution is 7.92. The van der Waals surface area contributed by atoms with Gasteiger partial charge in [-0.25, -0.2) is 8.42 Å². The normalized spacial score (nSPS) is 18.1. The van der Waals surface area contributed by atoms with Crippen molar-refractivity contribution in [3.05, 3.63) is 24.3 Å². The molecule has 0 aliphatic heterocycles. The van der Waals surface area contributed by atoms with Gasteiger partial charge in [-0.05, 0) is 25.0 Å². The van der Waals surface area contributed by atoms with E-state index in [0.29, 0.717) is 4.90 Å². The minimum Gasteiger partial charge on any atom is -0.223 e. The Bertz CT molecular complexity index is 430. The average molecular weight is 222 g/mol. The highest BCUT2D eigenvalue weighted by atomic mass is 32.2. The summed E-state index contributed by atoms with van der Waals surface area (Å²) in [6, 6.07) is 7.18. The highest BCUT2D eigenvalue weighted by Crippen LogP contribution is 2.29. The highest BCUT2D eigenvalue weighted by Gasteiger charge is 2.29. The molecule has 0 heterocycles. The Morgan fingerprint density at radius 2 is 1.60 bits per heavy atom. The van der Waals surface area contributed by atoms with Crippen LogP contribution in [-0.2, 0) is 9.84 Å². The number of hydrogen-bond donors (Lipinski definition) is 0. The maximum Gasteiger partial charge on any atom is 0.181 e. The van der Waals surface area contributed by atoms with Crippen LogP contribution in [0.4, 0.5) is 0 Å². The van der Waals surface area contributed by atoms with Crippen LogP contribution in [0.2, 0.25) is 0 Å². The van der Waals surface area contributed by atoms with Crippen molar-refractivity contribution in [3.63, 3.8) is 0 Å². The van der Waals surface area contributed by atoms with E-state index in [-0.39, 0.29) is 5.25 Å². The molecule has 2 nitrogen and oxygen atoms in total. The van der Waals surface area contributed by atoms with Crippen LogP contribution in [0.1, 0.15) is 25.7 Å². The second-order valence-corrected chi connectivity index (χ2v) is 6.49. The summed E-state index contributed by atoms with van der Waals surface area (Å²) in [5, 5.41) is -0.139. The van der Waals surface area contributed by atoms with Crippen molar-refractivity contribution in [1.82, 2.24) is 0 Å². The maximum atomic E-state index is 12.1. The molecule has 1 fully saturated rings. The monoisotopic (exact) mass is 222 g/mol. The van der Waals surface area contributed by atoms with Crippen molar-refractivity contribution in [1.29, 1.82) is 0 Å². The number of rotatable bonds is 2. The molecular weight excluding hydrogens is 207 g/mol. The van der Waals surface area contributed by atoms with Crippen molar-refractivity contribution in [2.24, 2.45) is 0 Å². The number of sulfone groups is 1. The van der Waals surface area contributed by atoms with Gasteiger partial charge in [0.05, 0.1) is 10.1 Å². The lowest BCUT2D eigenvalue weighted by molar-refractivity contribution is 0.579. The molecule has 0 bridgehead atoms. The summed E-state index contributed by atoms with van der Waals surface area (Å²) >= 11 is 0. The second kappa shape index (κ2) is 4.01. The molecule has 1 aliphatic carbocycles. The van der Waals surface area contributed by atoms with Gasteiger partial charge in [0.25, 0.3) is 0 Å². The van der Waals surface area contributed by atoms with Crippen molar-refractivity contribution < 1.29 is 8.42 Å². The Hall–Kier alpha value is -0.765. The molecule has 1 aliphatic rings.